The number of nitrogens with zero attached hydrogens (tertiary/aromatic N) is 1. The highest BCUT2D eigenvalue weighted by atomic mass is 16.5. The van der Waals surface area contributed by atoms with E-state index in [2.05, 4.69) is 65.5 Å². The first-order valence-electron chi connectivity index (χ1n) is 10.6. The van der Waals surface area contributed by atoms with Crippen LogP contribution in [0.15, 0.2) is 54.7 Å². The van der Waals surface area contributed by atoms with Crippen molar-refractivity contribution >= 4 is 16.8 Å². The number of hydrogen-bond acceptors (Lipinski definition) is 2. The monoisotopic (exact) mass is 390 g/mol. The Morgan fingerprint density at radius 3 is 2.69 bits per heavy atom. The van der Waals surface area contributed by atoms with Gasteiger partial charge in [-0.3, -0.25) is 4.79 Å². The van der Waals surface area contributed by atoms with Gasteiger partial charge in [-0.25, -0.2) is 0 Å². The molecule has 29 heavy (non-hydrogen) atoms. The first-order valence-corrected chi connectivity index (χ1v) is 10.6. The summed E-state index contributed by atoms with van der Waals surface area (Å²) in [5.74, 6) is 1.31. The molecule has 1 unspecified atom stereocenters. The van der Waals surface area contributed by atoms with Gasteiger partial charge in [-0.2, -0.15) is 0 Å². The van der Waals surface area contributed by atoms with Gasteiger partial charge in [0.1, 0.15) is 5.75 Å². The predicted molar refractivity (Wildman–Crippen MR) is 117 cm³/mol. The summed E-state index contributed by atoms with van der Waals surface area (Å²) in [7, 11) is 1.70. The highest BCUT2D eigenvalue weighted by molar-refractivity contribution is 5.86. The second-order valence-electron chi connectivity index (χ2n) is 8.21. The Balaban J connectivity index is 1.54. The molecule has 0 bridgehead atoms. The van der Waals surface area contributed by atoms with Crippen molar-refractivity contribution in [3.05, 3.63) is 65.9 Å². The first kappa shape index (κ1) is 19.6. The van der Waals surface area contributed by atoms with Gasteiger partial charge >= 0.3 is 0 Å². The van der Waals surface area contributed by atoms with E-state index in [0.29, 0.717) is 0 Å². The van der Waals surface area contributed by atoms with Crippen LogP contribution in [0.3, 0.4) is 0 Å². The van der Waals surface area contributed by atoms with Gasteiger partial charge in [-0.1, -0.05) is 36.8 Å². The van der Waals surface area contributed by atoms with E-state index >= 15 is 0 Å². The van der Waals surface area contributed by atoms with Gasteiger partial charge in [-0.15, -0.1) is 0 Å². The maximum atomic E-state index is 12.3. The second kappa shape index (κ2) is 8.73. The van der Waals surface area contributed by atoms with Gasteiger partial charge in [-0.05, 0) is 61.9 Å². The Morgan fingerprint density at radius 1 is 1.21 bits per heavy atom. The Labute approximate surface area is 172 Å². The van der Waals surface area contributed by atoms with Crippen molar-refractivity contribution in [1.29, 1.82) is 0 Å². The van der Waals surface area contributed by atoms with Gasteiger partial charge in [0.2, 0.25) is 5.91 Å². The van der Waals surface area contributed by atoms with E-state index in [-0.39, 0.29) is 17.9 Å². The Bertz CT molecular complexity index is 973. The maximum absolute atomic E-state index is 12.3. The van der Waals surface area contributed by atoms with E-state index in [1.807, 2.05) is 6.07 Å². The highest BCUT2D eigenvalue weighted by Gasteiger charge is 2.26. The standard InChI is InChI=1S/C25H30N2O2/c1-18(26-25(28)20-9-6-10-20)15-21-17-27(14-13-19-7-4-3-5-8-19)24-12-11-22(29-2)16-23(21)24/h3-5,7-8,11-12,16-18,20H,6,9-10,13-15H2,1-2H3,(H,26,28). The van der Waals surface area contributed by atoms with Gasteiger partial charge in [0.25, 0.3) is 0 Å². The van der Waals surface area contributed by atoms with Gasteiger partial charge in [0.05, 0.1) is 7.11 Å². The largest absolute Gasteiger partial charge is 0.497 e. The van der Waals surface area contributed by atoms with Crippen LogP contribution in [-0.2, 0) is 24.2 Å². The quantitative estimate of drug-likeness (QED) is 0.604. The second-order valence-corrected chi connectivity index (χ2v) is 8.21. The Hall–Kier alpha value is -2.75. The van der Waals surface area contributed by atoms with Crippen molar-refractivity contribution < 1.29 is 9.53 Å². The molecule has 0 spiro atoms. The van der Waals surface area contributed by atoms with Crippen LogP contribution in [0.2, 0.25) is 0 Å². The minimum absolute atomic E-state index is 0.113. The van der Waals surface area contributed by atoms with Crippen molar-refractivity contribution in [2.24, 2.45) is 5.92 Å². The number of carbonyl (C=O) groups excluding carboxylic acids is 1. The summed E-state index contributed by atoms with van der Waals surface area (Å²) < 4.78 is 7.79. The summed E-state index contributed by atoms with van der Waals surface area (Å²) in [6.45, 7) is 3.03. The molecule has 2 aromatic carbocycles. The van der Waals surface area contributed by atoms with Crippen LogP contribution in [0.1, 0.15) is 37.3 Å². The number of methoxy groups -OCH3 is 1. The summed E-state index contributed by atoms with van der Waals surface area (Å²) in [6.07, 6.45) is 7.31. The molecular weight excluding hydrogens is 360 g/mol. The average molecular weight is 391 g/mol. The molecule has 4 nitrogen and oxygen atoms in total. The van der Waals surface area contributed by atoms with Crippen LogP contribution in [0.5, 0.6) is 5.75 Å². The van der Waals surface area contributed by atoms with Gasteiger partial charge < -0.3 is 14.6 Å². The SMILES string of the molecule is COc1ccc2c(c1)c(CC(C)NC(=O)C1CCC1)cn2CCc1ccccc1. The lowest BCUT2D eigenvalue weighted by molar-refractivity contribution is -0.127. The van der Waals surface area contributed by atoms with Crippen LogP contribution in [0, 0.1) is 5.92 Å². The summed E-state index contributed by atoms with van der Waals surface area (Å²) in [6, 6.07) is 17.0. The molecule has 4 heteroatoms. The number of carbonyl (C=O) groups is 1. The van der Waals surface area contributed by atoms with Crippen molar-refractivity contribution in [3.63, 3.8) is 0 Å². The number of hydrogen-bond donors (Lipinski definition) is 1. The third-order valence-corrected chi connectivity index (χ3v) is 6.05. The van der Waals surface area contributed by atoms with E-state index in [4.69, 9.17) is 4.74 Å². The number of ether oxygens (including phenoxy) is 1. The fourth-order valence-electron chi connectivity index (χ4n) is 4.13. The molecule has 1 aliphatic rings. The minimum Gasteiger partial charge on any atom is -0.497 e. The molecule has 0 aliphatic heterocycles. The number of amides is 1. The number of aryl methyl sites for hydroxylation is 2. The lowest BCUT2D eigenvalue weighted by Crippen LogP contribution is -2.40. The molecule has 1 saturated carbocycles. The van der Waals surface area contributed by atoms with E-state index in [1.54, 1.807) is 7.11 Å². The molecular formula is C25H30N2O2. The van der Waals surface area contributed by atoms with Crippen LogP contribution in [0.25, 0.3) is 10.9 Å². The molecule has 0 saturated heterocycles. The number of nitrogens with one attached hydrogen (secondary N) is 1. The summed E-state index contributed by atoms with van der Waals surface area (Å²) >= 11 is 0. The zero-order chi connectivity index (χ0) is 20.2. The summed E-state index contributed by atoms with van der Waals surface area (Å²) in [5.41, 5.74) is 3.81. The number of benzene rings is 2. The Morgan fingerprint density at radius 2 is 2.00 bits per heavy atom. The fraction of sp³-hybridized carbons (Fsp3) is 0.400. The zero-order valence-corrected chi connectivity index (χ0v) is 17.4. The minimum atomic E-state index is 0.113. The number of fused-ring (bicyclic) bond motifs is 1. The zero-order valence-electron chi connectivity index (χ0n) is 17.4. The number of rotatable bonds is 8. The lowest BCUT2D eigenvalue weighted by Gasteiger charge is -2.26. The third kappa shape index (κ3) is 4.47. The van der Waals surface area contributed by atoms with Gasteiger partial charge in [0, 0.05) is 35.6 Å². The molecule has 1 atom stereocenters. The van der Waals surface area contributed by atoms with Crippen molar-refractivity contribution in [1.82, 2.24) is 9.88 Å². The van der Waals surface area contributed by atoms with Crippen LogP contribution < -0.4 is 10.1 Å². The highest BCUT2D eigenvalue weighted by Crippen LogP contribution is 2.29. The lowest BCUT2D eigenvalue weighted by atomic mass is 9.84. The smallest absolute Gasteiger partial charge is 0.223 e. The average Bonchev–Trinajstić information content (AvgIpc) is 3.02. The molecule has 0 radical (unpaired) electrons. The predicted octanol–water partition coefficient (Wildman–Crippen LogP) is 4.74. The summed E-state index contributed by atoms with van der Waals surface area (Å²) in [5, 5.41) is 4.42. The molecule has 152 valence electrons. The first-order chi connectivity index (χ1) is 14.1. The molecule has 1 aliphatic carbocycles. The Kier molecular flexibility index (Phi) is 5.89. The number of aromatic nitrogens is 1. The van der Waals surface area contributed by atoms with E-state index in [9.17, 15) is 4.79 Å². The molecule has 4 rings (SSSR count). The van der Waals surface area contributed by atoms with Crippen LogP contribution >= 0.6 is 0 Å². The van der Waals surface area contributed by atoms with E-state index in [1.165, 1.54) is 28.5 Å². The third-order valence-electron chi connectivity index (χ3n) is 6.05. The van der Waals surface area contributed by atoms with Crippen molar-refractivity contribution in [2.75, 3.05) is 7.11 Å². The van der Waals surface area contributed by atoms with Gasteiger partial charge in [0.15, 0.2) is 0 Å². The van der Waals surface area contributed by atoms with Crippen molar-refractivity contribution in [2.45, 2.75) is 51.6 Å². The molecule has 3 aromatic rings. The van der Waals surface area contributed by atoms with Crippen LogP contribution in [-0.4, -0.2) is 23.6 Å². The van der Waals surface area contributed by atoms with Crippen LogP contribution in [0.4, 0.5) is 0 Å². The molecule has 1 heterocycles. The topological polar surface area (TPSA) is 43.3 Å². The normalized spacial score (nSPS) is 15.1. The van der Waals surface area contributed by atoms with Crippen molar-refractivity contribution in [3.8, 4) is 5.75 Å². The molecule has 1 aromatic heterocycles. The molecule has 1 amide bonds. The molecule has 1 N–H and O–H groups in total. The van der Waals surface area contributed by atoms with E-state index in [0.717, 1.165) is 38.0 Å². The summed E-state index contributed by atoms with van der Waals surface area (Å²) in [4.78, 5) is 12.3. The van der Waals surface area contributed by atoms with E-state index < -0.39 is 0 Å². The molecule has 1 fully saturated rings. The fourth-order valence-corrected chi connectivity index (χ4v) is 4.13. The maximum Gasteiger partial charge on any atom is 0.223 e.